The average Bonchev–Trinajstić information content (AvgIpc) is 2.94. The molecule has 2 aromatic heterocycles. The maximum atomic E-state index is 10.1. The Morgan fingerprint density at radius 3 is 2.79 bits per heavy atom. The summed E-state index contributed by atoms with van der Waals surface area (Å²) in [5, 5.41) is 10.1. The Bertz CT molecular complexity index is 497. The number of aliphatic hydroxyl groups is 1. The molecule has 2 aromatic rings. The van der Waals surface area contributed by atoms with Crippen LogP contribution in [0.25, 0.3) is 11.3 Å². The molecule has 5 heteroatoms. The molecule has 0 saturated carbocycles. The third kappa shape index (κ3) is 3.39. The monoisotopic (exact) mass is 260 g/mol. The lowest BCUT2D eigenvalue weighted by molar-refractivity contribution is 0.133. The lowest BCUT2D eigenvalue weighted by Crippen LogP contribution is -2.28. The van der Waals surface area contributed by atoms with Gasteiger partial charge >= 0.3 is 0 Å². The molecule has 2 heterocycles. The van der Waals surface area contributed by atoms with Crippen LogP contribution in [-0.2, 0) is 0 Å². The fraction of sp³-hybridized carbons (Fsp3) is 0.429. The van der Waals surface area contributed by atoms with Gasteiger partial charge in [-0.25, -0.2) is 4.98 Å². The Kier molecular flexibility index (Phi) is 4.65. The second kappa shape index (κ2) is 6.45. The minimum absolute atomic E-state index is 0.281. The van der Waals surface area contributed by atoms with E-state index in [9.17, 15) is 5.11 Å². The number of unbranched alkanes of at least 4 members (excludes halogenated alkanes) is 1. The molecule has 4 N–H and O–H groups in total. The van der Waals surface area contributed by atoms with Crippen molar-refractivity contribution < 1.29 is 5.11 Å². The first-order valence-corrected chi connectivity index (χ1v) is 6.61. The van der Waals surface area contributed by atoms with Gasteiger partial charge in [0.2, 0.25) is 0 Å². The Labute approximate surface area is 112 Å². The molecule has 0 fully saturated rings. The van der Waals surface area contributed by atoms with Gasteiger partial charge in [0, 0.05) is 24.0 Å². The summed E-state index contributed by atoms with van der Waals surface area (Å²) < 4.78 is 0. The van der Waals surface area contributed by atoms with E-state index in [1.165, 1.54) is 0 Å². The quantitative estimate of drug-likeness (QED) is 0.741. The van der Waals surface area contributed by atoms with Crippen molar-refractivity contribution in [3.8, 4) is 11.3 Å². The van der Waals surface area contributed by atoms with Crippen LogP contribution in [0.5, 0.6) is 0 Å². The molecule has 19 heavy (non-hydrogen) atoms. The molecule has 0 amide bonds. The number of imidazole rings is 1. The Morgan fingerprint density at radius 2 is 2.11 bits per heavy atom. The number of nitrogens with one attached hydrogen (secondary N) is 1. The van der Waals surface area contributed by atoms with Gasteiger partial charge in [-0.1, -0.05) is 19.8 Å². The van der Waals surface area contributed by atoms with E-state index in [1.54, 1.807) is 18.6 Å². The zero-order valence-electron chi connectivity index (χ0n) is 11.1. The normalized spacial score (nSPS) is 14.3. The smallest absolute Gasteiger partial charge is 0.137 e. The lowest BCUT2D eigenvalue weighted by Gasteiger charge is -2.16. The summed E-state index contributed by atoms with van der Waals surface area (Å²) in [6.45, 7) is 2.10. The van der Waals surface area contributed by atoms with Crippen LogP contribution in [0.4, 0.5) is 0 Å². The molecule has 2 atom stereocenters. The zero-order valence-corrected chi connectivity index (χ0v) is 11.1. The molecule has 0 saturated heterocycles. The Hall–Kier alpha value is -1.72. The van der Waals surface area contributed by atoms with Gasteiger partial charge in [-0.2, -0.15) is 0 Å². The second-order valence-electron chi connectivity index (χ2n) is 4.67. The number of nitrogens with two attached hydrogens (primary N) is 1. The summed E-state index contributed by atoms with van der Waals surface area (Å²) in [6, 6.07) is 3.50. The van der Waals surface area contributed by atoms with Crippen molar-refractivity contribution in [3.05, 3.63) is 36.5 Å². The number of pyridine rings is 1. The Morgan fingerprint density at radius 1 is 1.37 bits per heavy atom. The molecular formula is C14H20N4O. The fourth-order valence-corrected chi connectivity index (χ4v) is 1.97. The summed E-state index contributed by atoms with van der Waals surface area (Å²) in [5.41, 5.74) is 7.81. The number of aromatic nitrogens is 3. The summed E-state index contributed by atoms with van der Waals surface area (Å²) in [6.07, 6.45) is 7.28. The highest BCUT2D eigenvalue weighted by molar-refractivity contribution is 5.57. The standard InChI is InChI=1S/C14H20N4O/c1-2-3-4-11(15)13(19)14-17-9-12(18-14)10-5-7-16-8-6-10/h5-9,11,13,19H,2-4,15H2,1H3,(H,17,18). The molecule has 0 spiro atoms. The van der Waals surface area contributed by atoms with Crippen molar-refractivity contribution in [2.45, 2.75) is 38.3 Å². The molecule has 0 aromatic carbocycles. The van der Waals surface area contributed by atoms with Crippen LogP contribution >= 0.6 is 0 Å². The van der Waals surface area contributed by atoms with E-state index in [-0.39, 0.29) is 6.04 Å². The van der Waals surface area contributed by atoms with Crippen molar-refractivity contribution in [2.75, 3.05) is 0 Å². The van der Waals surface area contributed by atoms with E-state index < -0.39 is 6.10 Å². The first-order chi connectivity index (χ1) is 9.22. The number of H-pyrrole nitrogens is 1. The largest absolute Gasteiger partial charge is 0.384 e. The summed E-state index contributed by atoms with van der Waals surface area (Å²) >= 11 is 0. The van der Waals surface area contributed by atoms with Crippen LogP contribution in [0.15, 0.2) is 30.7 Å². The molecule has 0 bridgehead atoms. The van der Waals surface area contributed by atoms with E-state index in [0.717, 1.165) is 30.5 Å². The van der Waals surface area contributed by atoms with E-state index in [4.69, 9.17) is 5.73 Å². The van der Waals surface area contributed by atoms with Crippen LogP contribution in [-0.4, -0.2) is 26.1 Å². The van der Waals surface area contributed by atoms with Gasteiger partial charge < -0.3 is 15.8 Å². The molecule has 0 aliphatic rings. The van der Waals surface area contributed by atoms with Crippen LogP contribution in [0.3, 0.4) is 0 Å². The minimum Gasteiger partial charge on any atom is -0.384 e. The van der Waals surface area contributed by atoms with E-state index in [0.29, 0.717) is 5.82 Å². The van der Waals surface area contributed by atoms with E-state index in [1.807, 2.05) is 12.1 Å². The first-order valence-electron chi connectivity index (χ1n) is 6.61. The van der Waals surface area contributed by atoms with E-state index in [2.05, 4.69) is 21.9 Å². The zero-order chi connectivity index (χ0) is 13.7. The molecule has 2 unspecified atom stereocenters. The van der Waals surface area contributed by atoms with Gasteiger partial charge in [0.15, 0.2) is 0 Å². The van der Waals surface area contributed by atoms with Gasteiger partial charge in [0.25, 0.3) is 0 Å². The number of hydrogen-bond acceptors (Lipinski definition) is 4. The lowest BCUT2D eigenvalue weighted by atomic mass is 10.1. The molecule has 0 radical (unpaired) electrons. The topological polar surface area (TPSA) is 87.8 Å². The first kappa shape index (κ1) is 13.7. The molecular weight excluding hydrogens is 240 g/mol. The summed E-state index contributed by atoms with van der Waals surface area (Å²) in [5.74, 6) is 0.524. The van der Waals surface area contributed by atoms with Gasteiger partial charge in [-0.3, -0.25) is 4.98 Å². The number of nitrogens with zero attached hydrogens (tertiary/aromatic N) is 2. The highest BCUT2D eigenvalue weighted by Gasteiger charge is 2.19. The van der Waals surface area contributed by atoms with Gasteiger partial charge in [0.05, 0.1) is 11.9 Å². The maximum absolute atomic E-state index is 10.1. The predicted octanol–water partition coefficient (Wildman–Crippen LogP) is 2.02. The number of rotatable bonds is 6. The molecule has 5 nitrogen and oxygen atoms in total. The predicted molar refractivity (Wildman–Crippen MR) is 74.3 cm³/mol. The fourth-order valence-electron chi connectivity index (χ4n) is 1.97. The van der Waals surface area contributed by atoms with Crippen molar-refractivity contribution in [3.63, 3.8) is 0 Å². The average molecular weight is 260 g/mol. The van der Waals surface area contributed by atoms with Crippen LogP contribution in [0.1, 0.15) is 38.1 Å². The highest BCUT2D eigenvalue weighted by atomic mass is 16.3. The highest BCUT2D eigenvalue weighted by Crippen LogP contribution is 2.21. The number of aromatic amines is 1. The number of aliphatic hydroxyl groups excluding tert-OH is 1. The second-order valence-corrected chi connectivity index (χ2v) is 4.67. The molecule has 0 aliphatic carbocycles. The SMILES string of the molecule is CCCCC(N)C(O)c1ncc(-c2ccncc2)[nH]1. The Balaban J connectivity index is 2.08. The summed E-state index contributed by atoms with van der Waals surface area (Å²) in [4.78, 5) is 11.3. The van der Waals surface area contributed by atoms with Crippen molar-refractivity contribution in [1.29, 1.82) is 0 Å². The van der Waals surface area contributed by atoms with Gasteiger partial charge in [-0.05, 0) is 18.6 Å². The van der Waals surface area contributed by atoms with E-state index >= 15 is 0 Å². The van der Waals surface area contributed by atoms with Crippen LogP contribution < -0.4 is 5.73 Å². The van der Waals surface area contributed by atoms with Crippen molar-refractivity contribution in [1.82, 2.24) is 15.0 Å². The van der Waals surface area contributed by atoms with Crippen molar-refractivity contribution >= 4 is 0 Å². The molecule has 0 aliphatic heterocycles. The number of hydrogen-bond donors (Lipinski definition) is 3. The molecule has 102 valence electrons. The molecule has 2 rings (SSSR count). The van der Waals surface area contributed by atoms with Crippen LogP contribution in [0.2, 0.25) is 0 Å². The van der Waals surface area contributed by atoms with Gasteiger partial charge in [0.1, 0.15) is 11.9 Å². The van der Waals surface area contributed by atoms with Crippen LogP contribution in [0, 0.1) is 0 Å². The van der Waals surface area contributed by atoms with Crippen molar-refractivity contribution in [2.24, 2.45) is 5.73 Å². The maximum Gasteiger partial charge on any atom is 0.137 e. The summed E-state index contributed by atoms with van der Waals surface area (Å²) in [7, 11) is 0. The van der Waals surface area contributed by atoms with Gasteiger partial charge in [-0.15, -0.1) is 0 Å². The third-order valence-electron chi connectivity index (χ3n) is 3.16. The minimum atomic E-state index is -0.748. The third-order valence-corrected chi connectivity index (χ3v) is 3.16.